The van der Waals surface area contributed by atoms with Crippen LogP contribution in [0.15, 0.2) is 41.3 Å². The van der Waals surface area contributed by atoms with Gasteiger partial charge in [-0.05, 0) is 55.7 Å². The number of aryl methyl sites for hydroxylation is 3. The summed E-state index contributed by atoms with van der Waals surface area (Å²) in [4.78, 5) is 12.2. The first-order valence-corrected chi connectivity index (χ1v) is 9.15. The molecule has 2 aromatic rings. The highest BCUT2D eigenvalue weighted by molar-refractivity contribution is 7.89. The van der Waals surface area contributed by atoms with Gasteiger partial charge < -0.3 is 5.32 Å². The Bertz CT molecular complexity index is 890. The number of hydrogen-bond donors (Lipinski definition) is 1. The molecule has 0 radical (unpaired) electrons. The number of para-hydroxylation sites is 1. The van der Waals surface area contributed by atoms with Crippen LogP contribution in [0.5, 0.6) is 0 Å². The number of sulfonamides is 1. The van der Waals surface area contributed by atoms with Crippen molar-refractivity contribution >= 4 is 21.6 Å². The molecule has 0 saturated carbocycles. The van der Waals surface area contributed by atoms with Crippen molar-refractivity contribution < 1.29 is 17.6 Å². The Morgan fingerprint density at radius 2 is 1.68 bits per heavy atom. The van der Waals surface area contributed by atoms with E-state index in [1.165, 1.54) is 20.0 Å². The summed E-state index contributed by atoms with van der Waals surface area (Å²) in [5.41, 5.74) is 2.76. The number of amides is 1. The highest BCUT2D eigenvalue weighted by atomic mass is 32.2. The van der Waals surface area contributed by atoms with Crippen LogP contribution in [0.1, 0.15) is 16.7 Å². The van der Waals surface area contributed by atoms with E-state index in [0.29, 0.717) is 11.3 Å². The highest BCUT2D eigenvalue weighted by Gasteiger charge is 2.25. The molecule has 0 aliphatic carbocycles. The fourth-order valence-corrected chi connectivity index (χ4v) is 3.88. The van der Waals surface area contributed by atoms with Crippen LogP contribution in [0, 0.1) is 26.6 Å². The Morgan fingerprint density at radius 1 is 1.08 bits per heavy atom. The number of benzene rings is 2. The largest absolute Gasteiger partial charge is 0.324 e. The van der Waals surface area contributed by atoms with Crippen LogP contribution in [0.2, 0.25) is 0 Å². The summed E-state index contributed by atoms with van der Waals surface area (Å²) in [6.45, 7) is 4.91. The van der Waals surface area contributed by atoms with E-state index in [9.17, 15) is 17.6 Å². The summed E-state index contributed by atoms with van der Waals surface area (Å²) in [6, 6.07) is 9.06. The number of hydrogen-bond acceptors (Lipinski definition) is 3. The zero-order valence-corrected chi connectivity index (χ0v) is 15.4. The molecule has 0 unspecified atom stereocenters. The summed E-state index contributed by atoms with van der Waals surface area (Å²) < 4.78 is 39.4. The van der Waals surface area contributed by atoms with Gasteiger partial charge in [0.15, 0.2) is 0 Å². The smallest absolute Gasteiger partial charge is 0.243 e. The average molecular weight is 364 g/mol. The van der Waals surface area contributed by atoms with Gasteiger partial charge in [0.05, 0.1) is 11.4 Å². The zero-order valence-electron chi connectivity index (χ0n) is 14.6. The van der Waals surface area contributed by atoms with Crippen molar-refractivity contribution in [2.45, 2.75) is 25.7 Å². The fourth-order valence-electron chi connectivity index (χ4n) is 2.55. The van der Waals surface area contributed by atoms with Crippen molar-refractivity contribution in [1.82, 2.24) is 4.31 Å². The normalized spacial score (nSPS) is 11.6. The molecule has 0 spiro atoms. The predicted molar refractivity (Wildman–Crippen MR) is 95.5 cm³/mol. The van der Waals surface area contributed by atoms with Gasteiger partial charge >= 0.3 is 0 Å². The van der Waals surface area contributed by atoms with Gasteiger partial charge in [-0.1, -0.05) is 18.2 Å². The van der Waals surface area contributed by atoms with Crippen molar-refractivity contribution in [3.63, 3.8) is 0 Å². The van der Waals surface area contributed by atoms with Gasteiger partial charge in [-0.3, -0.25) is 4.79 Å². The van der Waals surface area contributed by atoms with E-state index in [4.69, 9.17) is 0 Å². The maximum Gasteiger partial charge on any atom is 0.243 e. The minimum atomic E-state index is -3.89. The molecule has 0 aromatic heterocycles. The van der Waals surface area contributed by atoms with E-state index in [-0.39, 0.29) is 11.4 Å². The van der Waals surface area contributed by atoms with Crippen LogP contribution in [-0.2, 0) is 14.8 Å². The molecule has 1 amide bonds. The van der Waals surface area contributed by atoms with Crippen molar-refractivity contribution in [3.05, 3.63) is 58.9 Å². The molecule has 2 rings (SSSR count). The second-order valence-electron chi connectivity index (χ2n) is 5.99. The van der Waals surface area contributed by atoms with Crippen molar-refractivity contribution in [2.24, 2.45) is 0 Å². The van der Waals surface area contributed by atoms with Gasteiger partial charge in [0.25, 0.3) is 0 Å². The number of halogens is 1. The van der Waals surface area contributed by atoms with Gasteiger partial charge in [-0.2, -0.15) is 4.31 Å². The summed E-state index contributed by atoms with van der Waals surface area (Å²) >= 11 is 0. The molecule has 7 heteroatoms. The van der Waals surface area contributed by atoms with Crippen molar-refractivity contribution in [3.8, 4) is 0 Å². The maximum atomic E-state index is 13.2. The molecule has 134 valence electrons. The lowest BCUT2D eigenvalue weighted by Crippen LogP contribution is -2.35. The number of anilines is 1. The van der Waals surface area contributed by atoms with Crippen LogP contribution in [0.4, 0.5) is 10.1 Å². The molecule has 2 aromatic carbocycles. The number of nitrogens with one attached hydrogen (secondary N) is 1. The molecule has 0 aliphatic heterocycles. The Labute approximate surface area is 147 Å². The number of rotatable bonds is 5. The Morgan fingerprint density at radius 3 is 2.24 bits per heavy atom. The van der Waals surface area contributed by atoms with E-state index >= 15 is 0 Å². The second-order valence-corrected chi connectivity index (χ2v) is 8.00. The van der Waals surface area contributed by atoms with Crippen LogP contribution >= 0.6 is 0 Å². The molecule has 0 fully saturated rings. The van der Waals surface area contributed by atoms with Crippen LogP contribution < -0.4 is 5.32 Å². The van der Waals surface area contributed by atoms with E-state index in [2.05, 4.69) is 5.32 Å². The Hall–Kier alpha value is -2.25. The molecule has 0 atom stereocenters. The quantitative estimate of drug-likeness (QED) is 0.887. The monoisotopic (exact) mass is 364 g/mol. The molecule has 25 heavy (non-hydrogen) atoms. The van der Waals surface area contributed by atoms with E-state index in [1.54, 1.807) is 0 Å². The van der Waals surface area contributed by atoms with Gasteiger partial charge in [0.2, 0.25) is 15.9 Å². The van der Waals surface area contributed by atoms with Gasteiger partial charge in [0.1, 0.15) is 5.82 Å². The summed E-state index contributed by atoms with van der Waals surface area (Å²) in [6.07, 6.45) is 0. The molecule has 0 saturated heterocycles. The average Bonchev–Trinajstić information content (AvgIpc) is 2.50. The lowest BCUT2D eigenvalue weighted by molar-refractivity contribution is -0.116. The topological polar surface area (TPSA) is 66.5 Å². The first-order valence-electron chi connectivity index (χ1n) is 7.71. The van der Waals surface area contributed by atoms with E-state index < -0.39 is 21.7 Å². The SMILES string of the molecule is Cc1cc(F)ccc1S(=O)(=O)N(C)CC(=O)Nc1c(C)cccc1C. The maximum absolute atomic E-state index is 13.2. The molecule has 1 N–H and O–H groups in total. The number of likely N-dealkylation sites (N-methyl/N-ethyl adjacent to an activating group) is 1. The third-order valence-electron chi connectivity index (χ3n) is 3.94. The molecule has 0 heterocycles. The van der Waals surface area contributed by atoms with Crippen LogP contribution in [0.3, 0.4) is 0 Å². The first kappa shape index (κ1) is 19.1. The van der Waals surface area contributed by atoms with E-state index in [1.807, 2.05) is 32.0 Å². The highest BCUT2D eigenvalue weighted by Crippen LogP contribution is 2.21. The molecule has 0 bridgehead atoms. The predicted octanol–water partition coefficient (Wildman–Crippen LogP) is 3.01. The minimum absolute atomic E-state index is 0.0173. The van der Waals surface area contributed by atoms with E-state index in [0.717, 1.165) is 27.6 Å². The molecule has 5 nitrogen and oxygen atoms in total. The van der Waals surface area contributed by atoms with Gasteiger partial charge in [0, 0.05) is 12.7 Å². The Balaban J connectivity index is 2.18. The third kappa shape index (κ3) is 4.24. The minimum Gasteiger partial charge on any atom is -0.324 e. The van der Waals surface area contributed by atoms with Crippen LogP contribution in [0.25, 0.3) is 0 Å². The summed E-state index contributed by atoms with van der Waals surface area (Å²) in [5.74, 6) is -0.949. The van der Waals surface area contributed by atoms with Crippen LogP contribution in [-0.4, -0.2) is 32.2 Å². The molecular formula is C18H21FN2O3S. The number of carbonyl (C=O) groups is 1. The standard InChI is InChI=1S/C18H21FN2O3S/c1-12-6-5-7-13(2)18(12)20-17(22)11-21(4)25(23,24)16-9-8-15(19)10-14(16)3/h5-10H,11H2,1-4H3,(H,20,22). The van der Waals surface area contributed by atoms with Gasteiger partial charge in [-0.25, -0.2) is 12.8 Å². The van der Waals surface area contributed by atoms with Crippen molar-refractivity contribution in [2.75, 3.05) is 18.9 Å². The Kier molecular flexibility index (Phi) is 5.59. The third-order valence-corrected chi connectivity index (χ3v) is 5.90. The van der Waals surface area contributed by atoms with Crippen molar-refractivity contribution in [1.29, 1.82) is 0 Å². The molecule has 0 aliphatic rings. The lowest BCUT2D eigenvalue weighted by atomic mass is 10.1. The number of carbonyl (C=O) groups excluding carboxylic acids is 1. The first-order chi connectivity index (χ1) is 11.6. The molecular weight excluding hydrogens is 343 g/mol. The number of nitrogens with zero attached hydrogens (tertiary/aromatic N) is 1. The zero-order chi connectivity index (χ0) is 18.8. The second kappa shape index (κ2) is 7.33. The van der Waals surface area contributed by atoms with Gasteiger partial charge in [-0.15, -0.1) is 0 Å². The fraction of sp³-hybridized carbons (Fsp3) is 0.278. The summed E-state index contributed by atoms with van der Waals surface area (Å²) in [5, 5.41) is 2.75. The summed E-state index contributed by atoms with van der Waals surface area (Å²) in [7, 11) is -2.57. The lowest BCUT2D eigenvalue weighted by Gasteiger charge is -2.19.